The van der Waals surface area contributed by atoms with E-state index < -0.39 is 11.6 Å². The molecule has 0 aromatic heterocycles. The van der Waals surface area contributed by atoms with Gasteiger partial charge in [-0.3, -0.25) is 0 Å². The number of esters is 1. The maximum Gasteiger partial charge on any atom is 0.349 e. The molecule has 0 bridgehead atoms. The van der Waals surface area contributed by atoms with E-state index in [0.29, 0.717) is 12.1 Å². The Kier molecular flexibility index (Phi) is 4.61. The van der Waals surface area contributed by atoms with Gasteiger partial charge in [0.15, 0.2) is 0 Å². The molecule has 0 heterocycles. The summed E-state index contributed by atoms with van der Waals surface area (Å²) in [6.45, 7) is 5.40. The molecule has 1 rings (SSSR count). The smallest absolute Gasteiger partial charge is 0.349 e. The molecule has 0 fully saturated rings. The molecule has 0 atom stereocenters. The lowest BCUT2D eigenvalue weighted by Gasteiger charge is -2.17. The first-order chi connectivity index (χ1) is 8.40. The summed E-state index contributed by atoms with van der Waals surface area (Å²) in [6.07, 6.45) is 1.53. The molecule has 0 radical (unpaired) electrons. The summed E-state index contributed by atoms with van der Waals surface area (Å²) in [4.78, 5) is 15.4. The van der Waals surface area contributed by atoms with Crippen molar-refractivity contribution >= 4 is 17.9 Å². The Labute approximate surface area is 107 Å². The van der Waals surface area contributed by atoms with Gasteiger partial charge in [-0.05, 0) is 38.5 Å². The molecule has 0 aliphatic heterocycles. The van der Waals surface area contributed by atoms with Crippen molar-refractivity contribution in [2.45, 2.75) is 32.8 Å². The maximum atomic E-state index is 11.4. The van der Waals surface area contributed by atoms with E-state index in [1.54, 1.807) is 32.9 Å². The van der Waals surface area contributed by atoms with Gasteiger partial charge in [0.2, 0.25) is 0 Å². The van der Waals surface area contributed by atoms with Gasteiger partial charge in [-0.1, -0.05) is 12.1 Å². The van der Waals surface area contributed by atoms with Gasteiger partial charge in [0, 0.05) is 0 Å². The number of ether oxygens (including phenoxy) is 1. The number of rotatable bonds is 3. The average molecular weight is 244 g/mol. The summed E-state index contributed by atoms with van der Waals surface area (Å²) in [5, 5.41) is 8.53. The Morgan fingerprint density at radius 1 is 1.39 bits per heavy atom. The van der Waals surface area contributed by atoms with Gasteiger partial charge in [0.25, 0.3) is 0 Å². The first-order valence-corrected chi connectivity index (χ1v) is 5.63. The van der Waals surface area contributed by atoms with Crippen LogP contribution in [0.4, 0.5) is 5.69 Å². The first-order valence-electron chi connectivity index (χ1n) is 5.63. The molecule has 0 N–H and O–H groups in total. The highest BCUT2D eigenvalue weighted by atomic mass is 16.6. The molecule has 18 heavy (non-hydrogen) atoms. The molecular weight excluding hydrogens is 228 g/mol. The van der Waals surface area contributed by atoms with Crippen molar-refractivity contribution in [3.63, 3.8) is 0 Å². The zero-order valence-electron chi connectivity index (χ0n) is 10.8. The van der Waals surface area contributed by atoms with Gasteiger partial charge >= 0.3 is 5.97 Å². The monoisotopic (exact) mass is 244 g/mol. The van der Waals surface area contributed by atoms with E-state index in [4.69, 9.17) is 10.00 Å². The van der Waals surface area contributed by atoms with Crippen LogP contribution < -0.4 is 0 Å². The minimum atomic E-state index is -0.514. The molecule has 4 nitrogen and oxygen atoms in total. The highest BCUT2D eigenvalue weighted by Crippen LogP contribution is 2.13. The summed E-state index contributed by atoms with van der Waals surface area (Å²) in [7, 11) is 0. The molecule has 0 amide bonds. The summed E-state index contributed by atoms with van der Waals surface area (Å²) in [6, 6.07) is 9.20. The minimum absolute atomic E-state index is 0.371. The van der Waals surface area contributed by atoms with Crippen molar-refractivity contribution in [2.24, 2.45) is 4.99 Å². The Bertz CT molecular complexity index is 476. The van der Waals surface area contributed by atoms with Gasteiger partial charge in [-0.2, -0.15) is 5.26 Å². The topological polar surface area (TPSA) is 62.4 Å². The van der Waals surface area contributed by atoms with Crippen molar-refractivity contribution in [1.82, 2.24) is 0 Å². The van der Waals surface area contributed by atoms with Crippen LogP contribution in [0.25, 0.3) is 0 Å². The predicted octanol–water partition coefficient (Wildman–Crippen LogP) is 2.80. The van der Waals surface area contributed by atoms with Gasteiger partial charge in [-0.25, -0.2) is 9.79 Å². The highest BCUT2D eigenvalue weighted by molar-refractivity contribution is 6.23. The SMILES string of the molecule is CC(C)(C)OC(=O)C=Nc1ccc(CC#N)cc1. The molecule has 0 aliphatic rings. The fourth-order valence-corrected chi connectivity index (χ4v) is 1.25. The molecule has 1 aromatic rings. The highest BCUT2D eigenvalue weighted by Gasteiger charge is 2.14. The predicted molar refractivity (Wildman–Crippen MR) is 69.8 cm³/mol. The van der Waals surface area contributed by atoms with Crippen LogP contribution >= 0.6 is 0 Å². The van der Waals surface area contributed by atoms with Crippen LogP contribution in [0.2, 0.25) is 0 Å². The van der Waals surface area contributed by atoms with Crippen molar-refractivity contribution in [1.29, 1.82) is 5.26 Å². The van der Waals surface area contributed by atoms with E-state index >= 15 is 0 Å². The van der Waals surface area contributed by atoms with E-state index in [2.05, 4.69) is 11.1 Å². The molecule has 0 spiro atoms. The number of hydrogen-bond donors (Lipinski definition) is 0. The largest absolute Gasteiger partial charge is 0.456 e. The van der Waals surface area contributed by atoms with Crippen LogP contribution in [-0.2, 0) is 16.0 Å². The summed E-state index contributed by atoms with van der Waals surface area (Å²) >= 11 is 0. The van der Waals surface area contributed by atoms with Gasteiger partial charge < -0.3 is 4.74 Å². The Morgan fingerprint density at radius 2 is 2.00 bits per heavy atom. The Hall–Kier alpha value is -2.15. The second kappa shape index (κ2) is 5.97. The summed E-state index contributed by atoms with van der Waals surface area (Å²) in [5.74, 6) is -0.469. The zero-order chi connectivity index (χ0) is 13.6. The van der Waals surface area contributed by atoms with Gasteiger partial charge in [0.1, 0.15) is 11.8 Å². The van der Waals surface area contributed by atoms with Crippen molar-refractivity contribution in [3.05, 3.63) is 29.8 Å². The Balaban J connectivity index is 2.62. The molecule has 0 saturated heterocycles. The molecule has 0 aliphatic carbocycles. The van der Waals surface area contributed by atoms with Crippen LogP contribution in [0.15, 0.2) is 29.3 Å². The molecule has 0 saturated carbocycles. The maximum absolute atomic E-state index is 11.4. The molecule has 4 heteroatoms. The Morgan fingerprint density at radius 3 is 2.50 bits per heavy atom. The quantitative estimate of drug-likeness (QED) is 0.606. The number of nitrogens with zero attached hydrogens (tertiary/aromatic N) is 2. The van der Waals surface area contributed by atoms with E-state index in [0.717, 1.165) is 11.8 Å². The molecular formula is C14H16N2O2. The van der Waals surface area contributed by atoms with E-state index in [9.17, 15) is 4.79 Å². The molecule has 1 aromatic carbocycles. The van der Waals surface area contributed by atoms with Crippen molar-refractivity contribution in [2.75, 3.05) is 0 Å². The lowest BCUT2D eigenvalue weighted by atomic mass is 10.1. The normalized spacial score (nSPS) is 11.2. The number of nitriles is 1. The third-order valence-corrected chi connectivity index (χ3v) is 1.95. The molecule has 94 valence electrons. The standard InChI is InChI=1S/C14H16N2O2/c1-14(2,3)18-13(17)10-16-12-6-4-11(5-7-12)8-9-15/h4-7,10H,8H2,1-3H3. The average Bonchev–Trinajstić information content (AvgIpc) is 2.26. The third kappa shape index (κ3) is 5.26. The second-order valence-corrected chi connectivity index (χ2v) is 4.79. The summed E-state index contributed by atoms with van der Waals surface area (Å²) in [5.41, 5.74) is 1.07. The number of carbonyl (C=O) groups excluding carboxylic acids is 1. The lowest BCUT2D eigenvalue weighted by Crippen LogP contribution is -2.24. The van der Waals surface area contributed by atoms with E-state index in [1.165, 1.54) is 0 Å². The fourth-order valence-electron chi connectivity index (χ4n) is 1.25. The number of benzene rings is 1. The van der Waals surface area contributed by atoms with E-state index in [1.807, 2.05) is 12.1 Å². The van der Waals surface area contributed by atoms with Crippen LogP contribution in [0.5, 0.6) is 0 Å². The minimum Gasteiger partial charge on any atom is -0.456 e. The van der Waals surface area contributed by atoms with Gasteiger partial charge in [-0.15, -0.1) is 0 Å². The number of hydrogen-bond acceptors (Lipinski definition) is 4. The van der Waals surface area contributed by atoms with Crippen molar-refractivity contribution in [3.8, 4) is 6.07 Å². The third-order valence-electron chi connectivity index (χ3n) is 1.95. The second-order valence-electron chi connectivity index (χ2n) is 4.79. The first kappa shape index (κ1) is 13.9. The zero-order valence-corrected chi connectivity index (χ0v) is 10.8. The van der Waals surface area contributed by atoms with Gasteiger partial charge in [0.05, 0.1) is 18.2 Å². The number of carbonyl (C=O) groups is 1. The fraction of sp³-hybridized carbons (Fsp3) is 0.357. The van der Waals surface area contributed by atoms with Crippen LogP contribution in [0.3, 0.4) is 0 Å². The van der Waals surface area contributed by atoms with Crippen LogP contribution in [0.1, 0.15) is 26.3 Å². The number of aliphatic imine (C=N–C) groups is 1. The molecule has 0 unspecified atom stereocenters. The van der Waals surface area contributed by atoms with E-state index in [-0.39, 0.29) is 0 Å². The van der Waals surface area contributed by atoms with Crippen LogP contribution in [0, 0.1) is 11.3 Å². The van der Waals surface area contributed by atoms with Crippen LogP contribution in [-0.4, -0.2) is 17.8 Å². The lowest BCUT2D eigenvalue weighted by molar-refractivity contribution is -0.145. The van der Waals surface area contributed by atoms with Crippen molar-refractivity contribution < 1.29 is 9.53 Å². The summed E-state index contributed by atoms with van der Waals surface area (Å²) < 4.78 is 5.09.